The van der Waals surface area contributed by atoms with Crippen molar-refractivity contribution in [3.05, 3.63) is 65.0 Å². The molecule has 22 heavy (non-hydrogen) atoms. The van der Waals surface area contributed by atoms with E-state index in [1.165, 1.54) is 18.2 Å². The van der Waals surface area contributed by atoms with Gasteiger partial charge in [-0.1, -0.05) is 55.1 Å². The Bertz CT molecular complexity index is 710. The number of anilines is 1. The van der Waals surface area contributed by atoms with Crippen molar-refractivity contribution in [2.45, 2.75) is 0 Å². The maximum absolute atomic E-state index is 12.8. The first-order chi connectivity index (χ1) is 10.1. The number of benzene rings is 2. The number of nitro benzene ring substituents is 1. The highest BCUT2D eigenvalue weighted by Gasteiger charge is 2.17. The second kappa shape index (κ2) is 8.05. The molecular weight excluding hydrogens is 473 g/mol. The molecule has 0 aliphatic heterocycles. The fourth-order valence-corrected chi connectivity index (χ4v) is 2.88. The summed E-state index contributed by atoms with van der Waals surface area (Å²) in [7, 11) is 0. The van der Waals surface area contributed by atoms with Gasteiger partial charge < -0.3 is 5.73 Å². The molecule has 0 bridgehead atoms. The third-order valence-corrected chi connectivity index (χ3v) is 3.66. The van der Waals surface area contributed by atoms with Gasteiger partial charge in [-0.3, -0.25) is 10.1 Å². The molecule has 2 N–H and O–H groups in total. The van der Waals surface area contributed by atoms with E-state index in [9.17, 15) is 18.9 Å². The van der Waals surface area contributed by atoms with E-state index >= 15 is 0 Å². The van der Waals surface area contributed by atoms with E-state index in [0.29, 0.717) is 8.95 Å². The highest BCUT2D eigenvalue weighted by atomic mass is 79.9. The molecule has 0 atom stereocenters. The fourth-order valence-electron chi connectivity index (χ4n) is 1.25. The first-order valence-corrected chi connectivity index (χ1v) is 7.66. The lowest BCUT2D eigenvalue weighted by Gasteiger charge is -1.98. The number of nitro groups is 1. The van der Waals surface area contributed by atoms with Crippen LogP contribution in [0.2, 0.25) is 10.0 Å². The van der Waals surface area contributed by atoms with Crippen molar-refractivity contribution in [1.29, 1.82) is 0 Å². The maximum Gasteiger partial charge on any atom is 0.307 e. The molecule has 2 aromatic carbocycles. The number of nitrogens with two attached hydrogens (primary N) is 1. The van der Waals surface area contributed by atoms with Crippen molar-refractivity contribution in [1.82, 2.24) is 0 Å². The van der Waals surface area contributed by atoms with Crippen molar-refractivity contribution in [2.75, 3.05) is 5.73 Å². The number of hydrogen-bond acceptors (Lipinski definition) is 3. The Morgan fingerprint density at radius 2 is 1.45 bits per heavy atom. The summed E-state index contributed by atoms with van der Waals surface area (Å²) >= 11 is 16.9. The molecule has 4 nitrogen and oxygen atoms in total. The molecule has 0 fully saturated rings. The van der Waals surface area contributed by atoms with Crippen LogP contribution in [0.3, 0.4) is 0 Å². The Morgan fingerprint density at radius 1 is 1.00 bits per heavy atom. The lowest BCUT2D eigenvalue weighted by atomic mass is 10.3. The molecule has 0 spiro atoms. The molecule has 0 heterocycles. The number of halogens is 6. The topological polar surface area (TPSA) is 69.2 Å². The monoisotopic (exact) mass is 476 g/mol. The van der Waals surface area contributed by atoms with Crippen molar-refractivity contribution >= 4 is 66.4 Å². The van der Waals surface area contributed by atoms with Gasteiger partial charge in [-0.15, -0.1) is 0 Å². The molecule has 0 aromatic heterocycles. The Hall–Kier alpha value is -0.960. The van der Waals surface area contributed by atoms with Crippen LogP contribution in [0.15, 0.2) is 33.2 Å². The lowest BCUT2D eigenvalue weighted by molar-refractivity contribution is -0.387. The van der Waals surface area contributed by atoms with Gasteiger partial charge in [0.2, 0.25) is 5.82 Å². The van der Waals surface area contributed by atoms with Crippen LogP contribution in [0.4, 0.5) is 20.2 Å². The number of rotatable bonds is 1. The molecule has 118 valence electrons. The van der Waals surface area contributed by atoms with Crippen molar-refractivity contribution in [3.8, 4) is 0 Å². The van der Waals surface area contributed by atoms with Gasteiger partial charge in [-0.25, -0.2) is 4.39 Å². The summed E-state index contributed by atoms with van der Waals surface area (Å²) in [6.07, 6.45) is 0. The third kappa shape index (κ3) is 5.05. The van der Waals surface area contributed by atoms with Crippen LogP contribution in [0.1, 0.15) is 0 Å². The summed E-state index contributed by atoms with van der Waals surface area (Å²) in [6.45, 7) is 0. The van der Waals surface area contributed by atoms with Gasteiger partial charge >= 0.3 is 5.69 Å². The second-order valence-corrected chi connectivity index (χ2v) is 6.41. The standard InChI is InChI=1S/C6H2BrClFNO2.C6H4BrClFN/c7-3-1-4(8)6(9)5(2-3)10(11)12;7-3-1-4(8)6(9)5(10)2-3/h1-2H;1-2H,10H2. The van der Waals surface area contributed by atoms with E-state index < -0.39 is 22.2 Å². The van der Waals surface area contributed by atoms with Gasteiger partial charge in [-0.05, 0) is 18.2 Å². The Kier molecular flexibility index (Phi) is 6.98. The fraction of sp³-hybridized carbons (Fsp3) is 0. The SMILES string of the molecule is Nc1cc(Br)cc(Cl)c1F.O=[N+]([O-])c1cc(Br)cc(Cl)c1F. The van der Waals surface area contributed by atoms with Crippen molar-refractivity contribution < 1.29 is 13.7 Å². The van der Waals surface area contributed by atoms with Crippen LogP contribution in [0.25, 0.3) is 0 Å². The highest BCUT2D eigenvalue weighted by Crippen LogP contribution is 2.29. The van der Waals surface area contributed by atoms with Crippen LogP contribution < -0.4 is 5.73 Å². The quantitative estimate of drug-likeness (QED) is 0.237. The molecular formula is C12H6Br2Cl2F2N2O2. The van der Waals surface area contributed by atoms with Crippen LogP contribution in [-0.4, -0.2) is 4.92 Å². The summed E-state index contributed by atoms with van der Waals surface area (Å²) in [6, 6.07) is 5.22. The summed E-state index contributed by atoms with van der Waals surface area (Å²) < 4.78 is 26.5. The number of hydrogen-bond donors (Lipinski definition) is 1. The lowest BCUT2D eigenvalue weighted by Crippen LogP contribution is -1.92. The zero-order chi connectivity index (χ0) is 17.0. The van der Waals surface area contributed by atoms with E-state index in [1.54, 1.807) is 0 Å². The van der Waals surface area contributed by atoms with Gasteiger partial charge in [-0.2, -0.15) is 4.39 Å². The molecule has 0 radical (unpaired) electrons. The van der Waals surface area contributed by atoms with Gasteiger partial charge in [0, 0.05) is 15.0 Å². The normalized spacial score (nSPS) is 9.91. The predicted octanol–water partition coefficient (Wildman–Crippen LogP) is 5.97. The predicted molar refractivity (Wildman–Crippen MR) is 89.3 cm³/mol. The second-order valence-electron chi connectivity index (χ2n) is 3.77. The van der Waals surface area contributed by atoms with E-state index in [1.807, 2.05) is 0 Å². The van der Waals surface area contributed by atoms with Gasteiger partial charge in [0.25, 0.3) is 0 Å². The average Bonchev–Trinajstić information content (AvgIpc) is 2.40. The minimum atomic E-state index is -1.01. The first-order valence-electron chi connectivity index (χ1n) is 5.32. The van der Waals surface area contributed by atoms with E-state index in [4.69, 9.17) is 28.9 Å². The molecule has 0 saturated heterocycles. The molecule has 0 aliphatic rings. The van der Waals surface area contributed by atoms with Crippen molar-refractivity contribution in [2.24, 2.45) is 0 Å². The molecule has 0 aliphatic carbocycles. The van der Waals surface area contributed by atoms with E-state index in [-0.39, 0.29) is 15.7 Å². The van der Waals surface area contributed by atoms with Crippen LogP contribution >= 0.6 is 55.1 Å². The number of nitrogens with zero attached hydrogens (tertiary/aromatic N) is 1. The number of nitrogen functional groups attached to an aromatic ring is 1. The van der Waals surface area contributed by atoms with E-state index in [2.05, 4.69) is 31.9 Å². The Labute approximate surface area is 150 Å². The minimum absolute atomic E-state index is 0.0341. The molecule has 2 rings (SSSR count). The zero-order valence-corrected chi connectivity index (χ0v) is 15.1. The molecule has 0 unspecified atom stereocenters. The summed E-state index contributed by atoms with van der Waals surface area (Å²) in [4.78, 5) is 9.38. The highest BCUT2D eigenvalue weighted by molar-refractivity contribution is 9.10. The Morgan fingerprint density at radius 3 is 1.91 bits per heavy atom. The minimum Gasteiger partial charge on any atom is -0.396 e. The summed E-state index contributed by atoms with van der Waals surface area (Å²) in [5.74, 6) is -1.57. The van der Waals surface area contributed by atoms with Crippen molar-refractivity contribution in [3.63, 3.8) is 0 Å². The largest absolute Gasteiger partial charge is 0.396 e. The van der Waals surface area contributed by atoms with E-state index in [0.717, 1.165) is 6.07 Å². The first kappa shape index (κ1) is 19.1. The summed E-state index contributed by atoms with van der Waals surface area (Å²) in [5, 5.41) is 9.98. The van der Waals surface area contributed by atoms with Gasteiger partial charge in [0.15, 0.2) is 5.82 Å². The van der Waals surface area contributed by atoms with Gasteiger partial charge in [0.1, 0.15) is 0 Å². The Balaban J connectivity index is 0.000000224. The van der Waals surface area contributed by atoms with Crippen LogP contribution in [0.5, 0.6) is 0 Å². The molecule has 0 amide bonds. The smallest absolute Gasteiger partial charge is 0.307 e. The van der Waals surface area contributed by atoms with Crippen LogP contribution in [0, 0.1) is 21.7 Å². The molecule has 2 aromatic rings. The van der Waals surface area contributed by atoms with Gasteiger partial charge in [0.05, 0.1) is 20.7 Å². The zero-order valence-electron chi connectivity index (χ0n) is 10.4. The molecule has 10 heteroatoms. The molecule has 0 saturated carbocycles. The third-order valence-electron chi connectivity index (χ3n) is 2.19. The summed E-state index contributed by atoms with van der Waals surface area (Å²) in [5.41, 5.74) is 4.66. The average molecular weight is 479 g/mol. The maximum atomic E-state index is 12.8. The van der Waals surface area contributed by atoms with Crippen LogP contribution in [-0.2, 0) is 0 Å².